The van der Waals surface area contributed by atoms with Gasteiger partial charge in [-0.2, -0.15) is 0 Å². The quantitative estimate of drug-likeness (QED) is 0.881. The first-order chi connectivity index (χ1) is 9.19. The maximum absolute atomic E-state index is 11.2. The molecular weight excluding hydrogens is 252 g/mol. The van der Waals surface area contributed by atoms with Crippen LogP contribution in [0, 0.1) is 10.8 Å². The first kappa shape index (κ1) is 14.8. The van der Waals surface area contributed by atoms with Gasteiger partial charge in [-0.15, -0.1) is 0 Å². The van der Waals surface area contributed by atoms with E-state index in [4.69, 9.17) is 0 Å². The van der Waals surface area contributed by atoms with Gasteiger partial charge in [0.15, 0.2) is 5.69 Å². The summed E-state index contributed by atoms with van der Waals surface area (Å²) in [7, 11) is 0. The molecule has 1 heterocycles. The van der Waals surface area contributed by atoms with E-state index in [-0.39, 0.29) is 22.6 Å². The van der Waals surface area contributed by atoms with Crippen molar-refractivity contribution in [2.75, 3.05) is 5.32 Å². The largest absolute Gasteiger partial charge is 0.476 e. The lowest BCUT2D eigenvalue weighted by Crippen LogP contribution is -2.40. The Kier molecular flexibility index (Phi) is 3.76. The van der Waals surface area contributed by atoms with Gasteiger partial charge in [-0.25, -0.2) is 9.78 Å². The molecule has 0 unspecified atom stereocenters. The summed E-state index contributed by atoms with van der Waals surface area (Å²) in [5.41, 5.74) is 1.27. The molecule has 0 aliphatic heterocycles. The van der Waals surface area contributed by atoms with E-state index >= 15 is 0 Å². The highest BCUT2D eigenvalue weighted by Crippen LogP contribution is 2.46. The molecule has 1 aromatic heterocycles. The average Bonchev–Trinajstić information content (AvgIpc) is 2.24. The molecule has 110 valence electrons. The average molecular weight is 276 g/mol. The van der Waals surface area contributed by atoms with Crippen LogP contribution >= 0.6 is 0 Å². The second-order valence-electron chi connectivity index (χ2n) is 7.46. The van der Waals surface area contributed by atoms with Gasteiger partial charge in [-0.3, -0.25) is 0 Å². The first-order valence-electron chi connectivity index (χ1n) is 7.13. The lowest BCUT2D eigenvalue weighted by molar-refractivity contribution is 0.0691. The summed E-state index contributed by atoms with van der Waals surface area (Å²) in [6.45, 7) is 9.13. The second-order valence-corrected chi connectivity index (χ2v) is 7.46. The smallest absolute Gasteiger partial charge is 0.356 e. The molecule has 20 heavy (non-hydrogen) atoms. The van der Waals surface area contributed by atoms with Gasteiger partial charge >= 0.3 is 5.97 Å². The van der Waals surface area contributed by atoms with Crippen LogP contribution in [0.25, 0.3) is 0 Å². The number of hydrogen-bond donors (Lipinski definition) is 2. The van der Waals surface area contributed by atoms with E-state index in [0.717, 1.165) is 12.8 Å². The molecular formula is C16H24N2O2. The summed E-state index contributed by atoms with van der Waals surface area (Å²) < 4.78 is 0. The third-order valence-corrected chi connectivity index (χ3v) is 3.92. The van der Waals surface area contributed by atoms with Crippen LogP contribution in [0.3, 0.4) is 0 Å². The van der Waals surface area contributed by atoms with E-state index in [9.17, 15) is 9.90 Å². The Morgan fingerprint density at radius 2 is 1.90 bits per heavy atom. The molecule has 4 heteroatoms. The van der Waals surface area contributed by atoms with Gasteiger partial charge in [0, 0.05) is 12.2 Å². The Bertz CT molecular complexity index is 493. The highest BCUT2D eigenvalue weighted by molar-refractivity contribution is 5.91. The summed E-state index contributed by atoms with van der Waals surface area (Å²) in [5, 5.41) is 12.6. The van der Waals surface area contributed by atoms with Gasteiger partial charge in [-0.1, -0.05) is 27.7 Å². The van der Waals surface area contributed by atoms with Gasteiger partial charge in [0.05, 0.1) is 5.69 Å². The Balaban J connectivity index is 2.20. The monoisotopic (exact) mass is 276 g/mol. The first-order valence-corrected chi connectivity index (χ1v) is 7.13. The molecule has 2 N–H and O–H groups in total. The fraction of sp³-hybridized carbons (Fsp3) is 0.625. The van der Waals surface area contributed by atoms with Gasteiger partial charge < -0.3 is 10.4 Å². The van der Waals surface area contributed by atoms with Gasteiger partial charge in [0.2, 0.25) is 0 Å². The minimum absolute atomic E-state index is 0.105. The molecule has 1 aromatic rings. The third-order valence-electron chi connectivity index (χ3n) is 3.92. The normalized spacial score (nSPS) is 21.4. The zero-order valence-electron chi connectivity index (χ0n) is 12.7. The van der Waals surface area contributed by atoms with Crippen molar-refractivity contribution in [2.24, 2.45) is 10.8 Å². The molecule has 0 atom stereocenters. The van der Waals surface area contributed by atoms with Crippen molar-refractivity contribution in [1.82, 2.24) is 4.98 Å². The predicted octanol–water partition coefficient (Wildman–Crippen LogP) is 3.80. The summed E-state index contributed by atoms with van der Waals surface area (Å²) >= 11 is 0. The Hall–Kier alpha value is -1.58. The van der Waals surface area contributed by atoms with Crippen LogP contribution in [-0.2, 0) is 0 Å². The molecule has 0 aromatic carbocycles. The summed E-state index contributed by atoms with van der Waals surface area (Å²) in [6.07, 6.45) is 4.80. The molecule has 0 bridgehead atoms. The molecule has 1 aliphatic carbocycles. The van der Waals surface area contributed by atoms with Crippen LogP contribution < -0.4 is 5.32 Å². The van der Waals surface area contributed by atoms with Crippen molar-refractivity contribution in [3.8, 4) is 0 Å². The summed E-state index contributed by atoms with van der Waals surface area (Å²) in [4.78, 5) is 15.2. The molecule has 2 rings (SSSR count). The molecule has 0 saturated heterocycles. The van der Waals surface area contributed by atoms with Crippen LogP contribution in [0.5, 0.6) is 0 Å². The number of hydrogen-bond acceptors (Lipinski definition) is 3. The van der Waals surface area contributed by atoms with Crippen molar-refractivity contribution in [2.45, 2.75) is 53.0 Å². The molecule has 1 fully saturated rings. The Morgan fingerprint density at radius 1 is 1.30 bits per heavy atom. The van der Waals surface area contributed by atoms with Crippen LogP contribution in [-0.4, -0.2) is 22.1 Å². The van der Waals surface area contributed by atoms with Crippen LogP contribution in [0.15, 0.2) is 18.3 Å². The number of carboxylic acid groups (broad SMARTS) is 1. The maximum Gasteiger partial charge on any atom is 0.356 e. The van der Waals surface area contributed by atoms with E-state index in [2.05, 4.69) is 38.0 Å². The van der Waals surface area contributed by atoms with Crippen LogP contribution in [0.2, 0.25) is 0 Å². The fourth-order valence-corrected chi connectivity index (χ4v) is 3.86. The number of carbonyl (C=O) groups is 1. The highest BCUT2D eigenvalue weighted by Gasteiger charge is 2.38. The highest BCUT2D eigenvalue weighted by atomic mass is 16.4. The van der Waals surface area contributed by atoms with Crippen molar-refractivity contribution in [3.63, 3.8) is 0 Å². The number of anilines is 1. The van der Waals surface area contributed by atoms with Crippen LogP contribution in [0.4, 0.5) is 5.69 Å². The fourth-order valence-electron chi connectivity index (χ4n) is 3.86. The minimum atomic E-state index is -0.984. The van der Waals surface area contributed by atoms with Crippen molar-refractivity contribution < 1.29 is 9.90 Å². The van der Waals surface area contributed by atoms with Gasteiger partial charge in [-0.05, 0) is 42.2 Å². The number of aromatic carboxylic acids is 1. The third kappa shape index (κ3) is 3.50. The lowest BCUT2D eigenvalue weighted by atomic mass is 9.63. The van der Waals surface area contributed by atoms with Gasteiger partial charge in [0.25, 0.3) is 0 Å². The Morgan fingerprint density at radius 3 is 2.45 bits per heavy atom. The predicted molar refractivity (Wildman–Crippen MR) is 80.0 cm³/mol. The lowest BCUT2D eigenvalue weighted by Gasteiger charge is -2.45. The molecule has 1 saturated carbocycles. The van der Waals surface area contributed by atoms with Crippen molar-refractivity contribution >= 4 is 11.7 Å². The molecule has 0 amide bonds. The van der Waals surface area contributed by atoms with Crippen molar-refractivity contribution in [1.29, 1.82) is 0 Å². The molecule has 4 nitrogen and oxygen atoms in total. The Labute approximate surface area is 120 Å². The van der Waals surface area contributed by atoms with E-state index in [0.29, 0.717) is 5.69 Å². The number of rotatable bonds is 3. The zero-order chi connectivity index (χ0) is 15.0. The molecule has 0 spiro atoms. The minimum Gasteiger partial charge on any atom is -0.476 e. The van der Waals surface area contributed by atoms with E-state index in [1.807, 2.05) is 0 Å². The maximum atomic E-state index is 11.2. The standard InChI is InChI=1S/C16H24N2O2/c1-15(2)8-11(9-16(3,4)10-15)18-12-6-5-7-17-13(12)14(19)20/h5-7,11,18H,8-10H2,1-4H3,(H,19,20). The van der Waals surface area contributed by atoms with E-state index in [1.165, 1.54) is 12.6 Å². The zero-order valence-corrected chi connectivity index (χ0v) is 12.7. The summed E-state index contributed by atoms with van der Waals surface area (Å²) in [5.74, 6) is -0.984. The van der Waals surface area contributed by atoms with Crippen molar-refractivity contribution in [3.05, 3.63) is 24.0 Å². The summed E-state index contributed by atoms with van der Waals surface area (Å²) in [6, 6.07) is 3.86. The van der Waals surface area contributed by atoms with E-state index < -0.39 is 5.97 Å². The topological polar surface area (TPSA) is 62.2 Å². The molecule has 1 aliphatic rings. The SMILES string of the molecule is CC1(C)CC(Nc2cccnc2C(=O)O)CC(C)(C)C1. The van der Waals surface area contributed by atoms with E-state index in [1.54, 1.807) is 12.1 Å². The number of nitrogens with one attached hydrogen (secondary N) is 1. The van der Waals surface area contributed by atoms with Crippen LogP contribution in [0.1, 0.15) is 57.4 Å². The number of nitrogens with zero attached hydrogens (tertiary/aromatic N) is 1. The second kappa shape index (κ2) is 5.08. The van der Waals surface area contributed by atoms with Gasteiger partial charge in [0.1, 0.15) is 0 Å². The molecule has 0 radical (unpaired) electrons. The number of aromatic nitrogens is 1. The number of carboxylic acids is 1. The number of pyridine rings is 1.